The number of hydrogen-bond acceptors (Lipinski definition) is 2. The lowest BCUT2D eigenvalue weighted by Gasteiger charge is -2.20. The van der Waals surface area contributed by atoms with E-state index in [0.717, 1.165) is 12.8 Å². The Morgan fingerprint density at radius 2 is 1.33 bits per heavy atom. The molecule has 3 nitrogen and oxygen atoms in total. The van der Waals surface area contributed by atoms with Crippen molar-refractivity contribution in [3.63, 3.8) is 0 Å². The Balaban J connectivity index is 3.27. The van der Waals surface area contributed by atoms with E-state index in [1.807, 2.05) is 0 Å². The maximum absolute atomic E-state index is 11.7. The van der Waals surface area contributed by atoms with Crippen LogP contribution in [-0.2, 0) is 4.79 Å². The van der Waals surface area contributed by atoms with Gasteiger partial charge in [0.15, 0.2) is 0 Å². The fourth-order valence-electron chi connectivity index (χ4n) is 2.73. The van der Waals surface area contributed by atoms with Crippen LogP contribution in [0.1, 0.15) is 104 Å². The molecule has 0 saturated carbocycles. The van der Waals surface area contributed by atoms with Gasteiger partial charge >= 0.3 is 0 Å². The Morgan fingerprint density at radius 1 is 0.875 bits per heavy atom. The normalized spacial score (nSPS) is 12.7. The van der Waals surface area contributed by atoms with E-state index in [1.54, 1.807) is 14.0 Å². The lowest BCUT2D eigenvalue weighted by molar-refractivity contribution is -0.137. The summed E-state index contributed by atoms with van der Waals surface area (Å²) < 4.78 is 0. The third-order valence-corrected chi connectivity index (χ3v) is 4.61. The van der Waals surface area contributed by atoms with Gasteiger partial charge in [-0.15, -0.1) is 0 Å². The van der Waals surface area contributed by atoms with E-state index < -0.39 is 6.23 Å². The molecule has 0 bridgehead atoms. The van der Waals surface area contributed by atoms with Crippen molar-refractivity contribution in [2.24, 2.45) is 0 Å². The Morgan fingerprint density at radius 3 is 1.83 bits per heavy atom. The second-order valence-corrected chi connectivity index (χ2v) is 6.97. The fraction of sp³-hybridized carbons (Fsp3) is 0.857. The third kappa shape index (κ3) is 14.7. The Labute approximate surface area is 150 Å². The molecule has 0 rings (SSSR count). The first-order valence-electron chi connectivity index (χ1n) is 10.2. The zero-order valence-electron chi connectivity index (χ0n) is 16.4. The molecule has 0 spiro atoms. The first-order valence-corrected chi connectivity index (χ1v) is 10.2. The Kier molecular flexibility index (Phi) is 16.4. The van der Waals surface area contributed by atoms with Crippen molar-refractivity contribution in [3.8, 4) is 0 Å². The van der Waals surface area contributed by atoms with E-state index in [4.69, 9.17) is 0 Å². The molecule has 142 valence electrons. The molecule has 0 aromatic rings. The summed E-state index contributed by atoms with van der Waals surface area (Å²) in [7, 11) is 1.66. The molecule has 0 aromatic heterocycles. The topological polar surface area (TPSA) is 40.5 Å². The molecule has 1 unspecified atom stereocenters. The molecular formula is C21H41NO2. The number of unbranched alkanes of at least 4 members (excludes halogenated alkanes) is 11. The predicted molar refractivity (Wildman–Crippen MR) is 104 cm³/mol. The van der Waals surface area contributed by atoms with Crippen molar-refractivity contribution >= 4 is 5.91 Å². The minimum Gasteiger partial charge on any atom is -0.374 e. The molecular weight excluding hydrogens is 298 g/mol. The van der Waals surface area contributed by atoms with Gasteiger partial charge in [0.25, 0.3) is 0 Å². The summed E-state index contributed by atoms with van der Waals surface area (Å²) in [6.45, 7) is 3.89. The van der Waals surface area contributed by atoms with Crippen LogP contribution in [0.15, 0.2) is 12.2 Å². The van der Waals surface area contributed by atoms with Crippen LogP contribution >= 0.6 is 0 Å². The molecule has 0 radical (unpaired) electrons. The van der Waals surface area contributed by atoms with Crippen LogP contribution in [0.5, 0.6) is 0 Å². The van der Waals surface area contributed by atoms with Crippen LogP contribution in [0, 0.1) is 0 Å². The van der Waals surface area contributed by atoms with Gasteiger partial charge in [0.2, 0.25) is 5.91 Å². The number of allylic oxidation sites excluding steroid dienone is 2. The summed E-state index contributed by atoms with van der Waals surface area (Å²) >= 11 is 0. The molecule has 1 amide bonds. The van der Waals surface area contributed by atoms with Gasteiger partial charge in [-0.3, -0.25) is 4.79 Å². The minimum atomic E-state index is -0.680. The molecule has 1 atom stereocenters. The van der Waals surface area contributed by atoms with E-state index in [2.05, 4.69) is 19.1 Å². The second-order valence-electron chi connectivity index (χ2n) is 6.97. The monoisotopic (exact) mass is 339 g/mol. The summed E-state index contributed by atoms with van der Waals surface area (Å²) in [6.07, 6.45) is 21.0. The van der Waals surface area contributed by atoms with Crippen LogP contribution in [0.2, 0.25) is 0 Å². The van der Waals surface area contributed by atoms with Gasteiger partial charge in [-0.1, -0.05) is 70.4 Å². The van der Waals surface area contributed by atoms with Gasteiger partial charge in [0, 0.05) is 13.5 Å². The van der Waals surface area contributed by atoms with Crippen molar-refractivity contribution in [3.05, 3.63) is 12.2 Å². The number of hydrogen-bond donors (Lipinski definition) is 1. The molecule has 1 N–H and O–H groups in total. The molecule has 0 heterocycles. The maximum atomic E-state index is 11.7. The average Bonchev–Trinajstić information content (AvgIpc) is 2.57. The molecule has 24 heavy (non-hydrogen) atoms. The van der Waals surface area contributed by atoms with Gasteiger partial charge in [0.1, 0.15) is 6.23 Å². The van der Waals surface area contributed by atoms with Gasteiger partial charge in [-0.25, -0.2) is 0 Å². The Bertz CT molecular complexity index is 313. The number of carbonyl (C=O) groups excluding carboxylic acids is 1. The van der Waals surface area contributed by atoms with Crippen molar-refractivity contribution in [1.29, 1.82) is 0 Å². The SMILES string of the molecule is CCCCCCCCC=CCCCCCCCC(=O)N(C)C(C)O. The number of nitrogens with zero attached hydrogens (tertiary/aromatic N) is 1. The van der Waals surface area contributed by atoms with Crippen molar-refractivity contribution in [2.75, 3.05) is 7.05 Å². The summed E-state index contributed by atoms with van der Waals surface area (Å²) in [4.78, 5) is 13.1. The third-order valence-electron chi connectivity index (χ3n) is 4.61. The number of rotatable bonds is 16. The molecule has 0 aliphatic carbocycles. The highest BCUT2D eigenvalue weighted by molar-refractivity contribution is 5.75. The largest absolute Gasteiger partial charge is 0.374 e. The maximum Gasteiger partial charge on any atom is 0.224 e. The zero-order chi connectivity index (χ0) is 18.0. The average molecular weight is 340 g/mol. The number of carbonyl (C=O) groups is 1. The van der Waals surface area contributed by atoms with Gasteiger partial charge < -0.3 is 10.0 Å². The van der Waals surface area contributed by atoms with Crippen LogP contribution in [0.25, 0.3) is 0 Å². The second kappa shape index (κ2) is 17.0. The van der Waals surface area contributed by atoms with Gasteiger partial charge in [-0.2, -0.15) is 0 Å². The highest BCUT2D eigenvalue weighted by Gasteiger charge is 2.11. The first kappa shape index (κ1) is 23.2. The summed E-state index contributed by atoms with van der Waals surface area (Å²) in [5.41, 5.74) is 0. The molecule has 0 saturated heterocycles. The molecule has 0 aliphatic heterocycles. The van der Waals surface area contributed by atoms with Gasteiger partial charge in [0.05, 0.1) is 0 Å². The van der Waals surface area contributed by atoms with Crippen LogP contribution < -0.4 is 0 Å². The zero-order valence-corrected chi connectivity index (χ0v) is 16.4. The lowest BCUT2D eigenvalue weighted by Crippen LogP contribution is -2.34. The Hall–Kier alpha value is -0.830. The van der Waals surface area contributed by atoms with Crippen molar-refractivity contribution in [1.82, 2.24) is 4.90 Å². The van der Waals surface area contributed by atoms with E-state index >= 15 is 0 Å². The molecule has 0 aromatic carbocycles. The predicted octanol–water partition coefficient (Wildman–Crippen LogP) is 5.82. The van der Waals surface area contributed by atoms with Crippen molar-refractivity contribution < 1.29 is 9.90 Å². The first-order chi connectivity index (χ1) is 11.6. The standard InChI is InChI=1S/C21H41NO2/c1-4-5-6-7-8-9-10-11-12-13-14-15-16-17-18-19-21(24)22(3)20(2)23/h11-12,20,23H,4-10,13-19H2,1-3H3. The smallest absolute Gasteiger partial charge is 0.224 e. The van der Waals surface area contributed by atoms with Gasteiger partial charge in [-0.05, 0) is 39.0 Å². The summed E-state index contributed by atoms with van der Waals surface area (Å²) in [6, 6.07) is 0. The highest BCUT2D eigenvalue weighted by Crippen LogP contribution is 2.10. The molecule has 3 heteroatoms. The quantitative estimate of drug-likeness (QED) is 0.219. The van der Waals surface area contributed by atoms with Crippen LogP contribution in [0.4, 0.5) is 0 Å². The number of aliphatic hydroxyl groups is 1. The summed E-state index contributed by atoms with van der Waals surface area (Å²) in [5, 5.41) is 9.32. The fourth-order valence-corrected chi connectivity index (χ4v) is 2.73. The molecule has 0 aliphatic rings. The van der Waals surface area contributed by atoms with E-state index in [1.165, 1.54) is 75.5 Å². The lowest BCUT2D eigenvalue weighted by atomic mass is 10.1. The number of amides is 1. The number of aliphatic hydroxyl groups excluding tert-OH is 1. The van der Waals surface area contributed by atoms with Crippen LogP contribution in [-0.4, -0.2) is 29.2 Å². The minimum absolute atomic E-state index is 0.0441. The van der Waals surface area contributed by atoms with E-state index in [-0.39, 0.29) is 5.91 Å². The summed E-state index contributed by atoms with van der Waals surface area (Å²) in [5.74, 6) is 0.0441. The van der Waals surface area contributed by atoms with E-state index in [0.29, 0.717) is 6.42 Å². The highest BCUT2D eigenvalue weighted by atomic mass is 16.3. The van der Waals surface area contributed by atoms with Crippen molar-refractivity contribution in [2.45, 2.75) is 110 Å². The molecule has 0 fully saturated rings. The van der Waals surface area contributed by atoms with Crippen LogP contribution in [0.3, 0.4) is 0 Å². The van der Waals surface area contributed by atoms with E-state index in [9.17, 15) is 9.90 Å².